The molecule has 58 heavy (non-hydrogen) atoms. The van der Waals surface area contributed by atoms with Crippen molar-refractivity contribution < 1.29 is 0 Å². The first-order chi connectivity index (χ1) is 28.6. The van der Waals surface area contributed by atoms with Crippen LogP contribution in [0.1, 0.15) is 11.1 Å². The van der Waals surface area contributed by atoms with Crippen molar-refractivity contribution in [2.75, 3.05) is 0 Å². The summed E-state index contributed by atoms with van der Waals surface area (Å²) in [6, 6.07) is 59.8. The topological polar surface area (TPSA) is 61.4 Å². The van der Waals surface area contributed by atoms with E-state index in [0.29, 0.717) is 17.5 Å². The van der Waals surface area contributed by atoms with Gasteiger partial charge in [0.05, 0.1) is 27.8 Å². The maximum absolute atomic E-state index is 5.23. The van der Waals surface area contributed by atoms with E-state index in [1.807, 2.05) is 73.1 Å². The van der Waals surface area contributed by atoms with E-state index in [2.05, 4.69) is 132 Å². The van der Waals surface area contributed by atoms with Gasteiger partial charge in [-0.25, -0.2) is 15.0 Å². The molecule has 6 heteroatoms. The van der Waals surface area contributed by atoms with Crippen LogP contribution in [0.4, 0.5) is 0 Å². The van der Waals surface area contributed by atoms with Gasteiger partial charge in [0.2, 0.25) is 0 Å². The molecule has 0 saturated carbocycles. The number of fused-ring (bicyclic) bond motifs is 6. The van der Waals surface area contributed by atoms with E-state index in [0.717, 1.165) is 61.3 Å². The molecule has 0 N–H and O–H groups in total. The number of rotatable bonds is 6. The van der Waals surface area contributed by atoms with Gasteiger partial charge in [0.25, 0.3) is 0 Å². The molecule has 0 saturated heterocycles. The highest BCUT2D eigenvalue weighted by Crippen LogP contribution is 2.42. The molecule has 11 aromatic rings. The Hall–Kier alpha value is -7.70. The van der Waals surface area contributed by atoms with Crippen LogP contribution in [-0.2, 0) is 0 Å². The van der Waals surface area contributed by atoms with Crippen LogP contribution in [0, 0.1) is 13.8 Å². The van der Waals surface area contributed by atoms with Gasteiger partial charge in [0, 0.05) is 61.9 Å². The first-order valence-electron chi connectivity index (χ1n) is 19.6. The smallest absolute Gasteiger partial charge is 0.164 e. The molecule has 11 rings (SSSR count). The molecule has 0 fully saturated rings. The van der Waals surface area contributed by atoms with Crippen molar-refractivity contribution in [1.82, 2.24) is 29.1 Å². The van der Waals surface area contributed by atoms with E-state index in [-0.39, 0.29) is 0 Å². The minimum Gasteiger partial charge on any atom is -0.309 e. The Morgan fingerprint density at radius 3 is 1.52 bits per heavy atom. The molecule has 0 bridgehead atoms. The van der Waals surface area contributed by atoms with Crippen LogP contribution in [0.5, 0.6) is 0 Å². The molecular weight excluding hydrogens is 709 g/mol. The van der Waals surface area contributed by atoms with Gasteiger partial charge in [-0.1, -0.05) is 120 Å². The van der Waals surface area contributed by atoms with Crippen LogP contribution in [0.25, 0.3) is 100 Å². The van der Waals surface area contributed by atoms with E-state index in [4.69, 9.17) is 19.9 Å². The number of hydrogen-bond acceptors (Lipinski definition) is 4. The van der Waals surface area contributed by atoms with Gasteiger partial charge in [-0.15, -0.1) is 0 Å². The third kappa shape index (κ3) is 5.49. The Labute approximate surface area is 335 Å². The van der Waals surface area contributed by atoms with Gasteiger partial charge in [0.15, 0.2) is 17.5 Å². The lowest BCUT2D eigenvalue weighted by Crippen LogP contribution is -2.04. The number of aromatic nitrogens is 6. The second-order valence-corrected chi connectivity index (χ2v) is 14.9. The van der Waals surface area contributed by atoms with Crippen LogP contribution in [0.15, 0.2) is 182 Å². The third-order valence-electron chi connectivity index (χ3n) is 11.2. The molecule has 0 amide bonds. The lowest BCUT2D eigenvalue weighted by molar-refractivity contribution is 1.07. The van der Waals surface area contributed by atoms with Crippen molar-refractivity contribution in [1.29, 1.82) is 0 Å². The Morgan fingerprint density at radius 1 is 0.379 bits per heavy atom. The molecule has 4 heterocycles. The zero-order valence-corrected chi connectivity index (χ0v) is 32.0. The van der Waals surface area contributed by atoms with Crippen LogP contribution in [-0.4, -0.2) is 29.1 Å². The average molecular weight is 745 g/mol. The van der Waals surface area contributed by atoms with Crippen molar-refractivity contribution >= 4 is 43.6 Å². The lowest BCUT2D eigenvalue weighted by Gasteiger charge is -2.18. The Bertz CT molecular complexity index is 3300. The monoisotopic (exact) mass is 744 g/mol. The fourth-order valence-corrected chi connectivity index (χ4v) is 8.52. The maximum Gasteiger partial charge on any atom is 0.164 e. The van der Waals surface area contributed by atoms with Crippen LogP contribution >= 0.6 is 0 Å². The number of aryl methyl sites for hydroxylation is 2. The number of nitrogens with zero attached hydrogens (tertiary/aromatic N) is 6. The van der Waals surface area contributed by atoms with E-state index < -0.39 is 0 Å². The summed E-state index contributed by atoms with van der Waals surface area (Å²) in [6.07, 6.45) is 3.87. The SMILES string of the molecule is Cc1ccc2c(c1)c1ccccc1n2-c1ccc(-c2nc(-c3ccccc3)nc(-c3ccccc3)n2)c(-c2cnccc2-n2c3ccccc3c3cc(C)ccc32)c1. The van der Waals surface area contributed by atoms with Gasteiger partial charge in [-0.2, -0.15) is 0 Å². The van der Waals surface area contributed by atoms with Gasteiger partial charge in [-0.3, -0.25) is 4.98 Å². The van der Waals surface area contributed by atoms with Crippen LogP contribution in [0.3, 0.4) is 0 Å². The van der Waals surface area contributed by atoms with Crippen molar-refractivity contribution in [3.63, 3.8) is 0 Å². The molecule has 0 aliphatic carbocycles. The number of benzene rings is 7. The highest BCUT2D eigenvalue weighted by atomic mass is 15.0. The highest BCUT2D eigenvalue weighted by molar-refractivity contribution is 6.11. The zero-order valence-electron chi connectivity index (χ0n) is 32.0. The molecule has 7 aromatic carbocycles. The fourth-order valence-electron chi connectivity index (χ4n) is 8.52. The molecule has 0 spiro atoms. The molecule has 6 nitrogen and oxygen atoms in total. The van der Waals surface area contributed by atoms with E-state index in [9.17, 15) is 0 Å². The first-order valence-corrected chi connectivity index (χ1v) is 19.6. The van der Waals surface area contributed by atoms with Crippen molar-refractivity contribution in [2.45, 2.75) is 13.8 Å². The summed E-state index contributed by atoms with van der Waals surface area (Å²) in [4.78, 5) is 20.3. The summed E-state index contributed by atoms with van der Waals surface area (Å²) in [6.45, 7) is 4.31. The summed E-state index contributed by atoms with van der Waals surface area (Å²) < 4.78 is 4.74. The van der Waals surface area contributed by atoms with E-state index in [1.54, 1.807) is 0 Å². The highest BCUT2D eigenvalue weighted by Gasteiger charge is 2.22. The van der Waals surface area contributed by atoms with E-state index >= 15 is 0 Å². The van der Waals surface area contributed by atoms with Crippen molar-refractivity contribution in [3.05, 3.63) is 193 Å². The van der Waals surface area contributed by atoms with E-state index in [1.165, 1.54) is 32.7 Å². The standard InChI is InChI=1S/C52H36N6/c1-33-21-25-47-42(29-33)38-17-9-11-19-45(38)57(47)37-23-24-40(52-55-50(35-13-5-3-6-14-35)54-51(56-52)36-15-7-4-8-16-36)41(31-37)44-32-53-28-27-49(44)58-46-20-12-10-18-39(46)43-30-34(2)22-26-48(43)58/h3-32H,1-2H3. The number of para-hydroxylation sites is 2. The fraction of sp³-hybridized carbons (Fsp3) is 0.0385. The maximum atomic E-state index is 5.23. The van der Waals surface area contributed by atoms with Crippen LogP contribution in [0.2, 0.25) is 0 Å². The number of hydrogen-bond donors (Lipinski definition) is 0. The summed E-state index contributed by atoms with van der Waals surface area (Å²) in [5.74, 6) is 1.81. The normalized spacial score (nSPS) is 11.6. The Kier molecular flexibility index (Phi) is 7.83. The quantitative estimate of drug-likeness (QED) is 0.170. The molecule has 0 radical (unpaired) electrons. The second kappa shape index (κ2) is 13.5. The number of pyridine rings is 1. The lowest BCUT2D eigenvalue weighted by atomic mass is 9.97. The summed E-state index contributed by atoms with van der Waals surface area (Å²) in [5, 5.41) is 4.86. The second-order valence-electron chi connectivity index (χ2n) is 14.9. The molecule has 0 atom stereocenters. The molecule has 0 unspecified atom stereocenters. The van der Waals surface area contributed by atoms with Crippen LogP contribution < -0.4 is 0 Å². The van der Waals surface area contributed by atoms with Gasteiger partial charge in [-0.05, 0) is 80.1 Å². The molecule has 0 aliphatic heterocycles. The van der Waals surface area contributed by atoms with Gasteiger partial charge >= 0.3 is 0 Å². The third-order valence-corrected chi connectivity index (χ3v) is 11.2. The van der Waals surface area contributed by atoms with Crippen molar-refractivity contribution in [2.24, 2.45) is 0 Å². The molecular formula is C52H36N6. The summed E-state index contributed by atoms with van der Waals surface area (Å²) >= 11 is 0. The predicted molar refractivity (Wildman–Crippen MR) is 238 cm³/mol. The van der Waals surface area contributed by atoms with Gasteiger partial charge in [0.1, 0.15) is 0 Å². The molecule has 274 valence electrons. The Balaban J connectivity index is 1.23. The largest absolute Gasteiger partial charge is 0.309 e. The molecule has 4 aromatic heterocycles. The minimum atomic E-state index is 0.583. The van der Waals surface area contributed by atoms with Crippen molar-refractivity contribution in [3.8, 4) is 56.7 Å². The zero-order chi connectivity index (χ0) is 38.7. The van der Waals surface area contributed by atoms with Gasteiger partial charge < -0.3 is 9.13 Å². The average Bonchev–Trinajstić information content (AvgIpc) is 3.78. The minimum absolute atomic E-state index is 0.583. The predicted octanol–water partition coefficient (Wildman–Crippen LogP) is 12.7. The Morgan fingerprint density at radius 2 is 0.897 bits per heavy atom. The summed E-state index contributed by atoms with van der Waals surface area (Å²) in [5.41, 5.74) is 13.7. The summed E-state index contributed by atoms with van der Waals surface area (Å²) in [7, 11) is 0. The first kappa shape index (κ1) is 33.6. The molecule has 0 aliphatic rings.